The highest BCUT2D eigenvalue weighted by Crippen LogP contribution is 2.35. The Balaban J connectivity index is 2.23. The number of benzene rings is 1. The van der Waals surface area contributed by atoms with Gasteiger partial charge in [0.05, 0.1) is 7.11 Å². The highest BCUT2D eigenvalue weighted by Gasteiger charge is 2.40. The number of aliphatic hydroxyl groups is 1. The summed E-state index contributed by atoms with van der Waals surface area (Å²) in [6.07, 6.45) is 2.19. The number of hydrogen-bond acceptors (Lipinski definition) is 4. The minimum Gasteiger partial charge on any atom is -0.467 e. The highest BCUT2D eigenvalue weighted by molar-refractivity contribution is 5.76. The maximum absolute atomic E-state index is 12.1. The van der Waals surface area contributed by atoms with Crippen LogP contribution in [-0.2, 0) is 14.3 Å². The summed E-state index contributed by atoms with van der Waals surface area (Å²) in [6, 6.07) is 7.89. The Morgan fingerprint density at radius 3 is 2.48 bits per heavy atom. The minimum absolute atomic E-state index is 0.178. The molecule has 1 N–H and O–H groups in total. The summed E-state index contributed by atoms with van der Waals surface area (Å²) in [5.41, 5.74) is 2.13. The Bertz CT molecular complexity index is 491. The van der Waals surface area contributed by atoms with Crippen LogP contribution in [0.1, 0.15) is 49.7 Å². The Labute approximate surface area is 126 Å². The zero-order valence-electron chi connectivity index (χ0n) is 13.0. The van der Waals surface area contributed by atoms with Crippen molar-refractivity contribution in [2.24, 2.45) is 0 Å². The molecule has 21 heavy (non-hydrogen) atoms. The molecule has 0 amide bonds. The molecule has 1 saturated carbocycles. The first-order chi connectivity index (χ1) is 9.97. The van der Waals surface area contributed by atoms with Crippen LogP contribution in [0, 0.1) is 6.92 Å². The van der Waals surface area contributed by atoms with Crippen molar-refractivity contribution in [3.8, 4) is 0 Å². The summed E-state index contributed by atoms with van der Waals surface area (Å²) < 4.78 is 10.7. The average molecular weight is 292 g/mol. The second-order valence-electron chi connectivity index (χ2n) is 5.86. The summed E-state index contributed by atoms with van der Waals surface area (Å²) in [5.74, 6) is -1.81. The van der Waals surface area contributed by atoms with E-state index in [1.807, 2.05) is 38.1 Å². The molecule has 0 spiro atoms. The van der Waals surface area contributed by atoms with Crippen molar-refractivity contribution in [2.75, 3.05) is 7.11 Å². The summed E-state index contributed by atoms with van der Waals surface area (Å²) >= 11 is 0. The fraction of sp³-hybridized carbons (Fsp3) is 0.588. The summed E-state index contributed by atoms with van der Waals surface area (Å²) in [6.45, 7) is 3.94. The van der Waals surface area contributed by atoms with Crippen LogP contribution in [0.3, 0.4) is 0 Å². The Morgan fingerprint density at radius 2 is 1.90 bits per heavy atom. The number of aryl methyl sites for hydroxylation is 1. The number of methoxy groups -OCH3 is 1. The van der Waals surface area contributed by atoms with Gasteiger partial charge in [0.2, 0.25) is 0 Å². The molecule has 0 aliphatic heterocycles. The highest BCUT2D eigenvalue weighted by atomic mass is 16.7. The van der Waals surface area contributed by atoms with Crippen LogP contribution in [0.4, 0.5) is 0 Å². The average Bonchev–Trinajstić information content (AvgIpc) is 2.91. The van der Waals surface area contributed by atoms with Crippen molar-refractivity contribution in [3.63, 3.8) is 0 Å². The third-order valence-electron chi connectivity index (χ3n) is 4.30. The summed E-state index contributed by atoms with van der Waals surface area (Å²) in [7, 11) is 1.35. The first-order valence-electron chi connectivity index (χ1n) is 7.50. The van der Waals surface area contributed by atoms with Crippen molar-refractivity contribution in [2.45, 2.75) is 57.3 Å². The molecule has 4 heteroatoms. The lowest BCUT2D eigenvalue weighted by Gasteiger charge is -2.31. The zero-order valence-corrected chi connectivity index (χ0v) is 13.0. The number of rotatable bonds is 5. The van der Waals surface area contributed by atoms with Gasteiger partial charge in [0.25, 0.3) is 0 Å². The van der Waals surface area contributed by atoms with Gasteiger partial charge in [0.15, 0.2) is 11.9 Å². The molecular formula is C17H24O4. The van der Waals surface area contributed by atoms with E-state index in [0.717, 1.165) is 24.0 Å². The predicted molar refractivity (Wildman–Crippen MR) is 79.9 cm³/mol. The molecule has 2 rings (SSSR count). The SMILES string of the molecule is COC(=O)C(OC1(O)CCCC1)C(C)c1ccccc1C. The molecule has 0 saturated heterocycles. The molecule has 1 aliphatic carbocycles. The monoisotopic (exact) mass is 292 g/mol. The van der Waals surface area contributed by atoms with Crippen molar-refractivity contribution < 1.29 is 19.4 Å². The van der Waals surface area contributed by atoms with Gasteiger partial charge in [0, 0.05) is 18.8 Å². The largest absolute Gasteiger partial charge is 0.467 e. The molecule has 2 atom stereocenters. The van der Waals surface area contributed by atoms with E-state index in [0.29, 0.717) is 12.8 Å². The van der Waals surface area contributed by atoms with E-state index in [-0.39, 0.29) is 5.92 Å². The van der Waals surface area contributed by atoms with Gasteiger partial charge in [-0.2, -0.15) is 0 Å². The smallest absolute Gasteiger partial charge is 0.335 e. The molecule has 4 nitrogen and oxygen atoms in total. The maximum Gasteiger partial charge on any atom is 0.335 e. The second-order valence-corrected chi connectivity index (χ2v) is 5.86. The molecule has 0 aromatic heterocycles. The van der Waals surface area contributed by atoms with Crippen molar-refractivity contribution in [3.05, 3.63) is 35.4 Å². The molecule has 0 bridgehead atoms. The Hall–Kier alpha value is -1.39. The van der Waals surface area contributed by atoms with E-state index >= 15 is 0 Å². The van der Waals surface area contributed by atoms with Gasteiger partial charge in [-0.15, -0.1) is 0 Å². The number of carbonyl (C=O) groups excluding carboxylic acids is 1. The molecular weight excluding hydrogens is 268 g/mol. The van der Waals surface area contributed by atoms with Gasteiger partial charge in [-0.3, -0.25) is 0 Å². The van der Waals surface area contributed by atoms with Gasteiger partial charge in [-0.25, -0.2) is 4.79 Å². The molecule has 0 radical (unpaired) electrons. The summed E-state index contributed by atoms with van der Waals surface area (Å²) in [4.78, 5) is 12.1. The van der Waals surface area contributed by atoms with Gasteiger partial charge in [-0.1, -0.05) is 31.2 Å². The first kappa shape index (κ1) is 16.0. The molecule has 1 aliphatic rings. The van der Waals surface area contributed by atoms with Crippen LogP contribution in [0.5, 0.6) is 0 Å². The van der Waals surface area contributed by atoms with E-state index in [2.05, 4.69) is 0 Å². The van der Waals surface area contributed by atoms with E-state index in [4.69, 9.17) is 9.47 Å². The van der Waals surface area contributed by atoms with Gasteiger partial charge in [-0.05, 0) is 30.9 Å². The van der Waals surface area contributed by atoms with Crippen LogP contribution in [-0.4, -0.2) is 30.1 Å². The molecule has 1 aromatic carbocycles. The number of ether oxygens (including phenoxy) is 2. The fourth-order valence-electron chi connectivity index (χ4n) is 3.01. The van der Waals surface area contributed by atoms with Crippen LogP contribution >= 0.6 is 0 Å². The minimum atomic E-state index is -1.20. The number of esters is 1. The summed E-state index contributed by atoms with van der Waals surface area (Å²) in [5, 5.41) is 10.4. The third-order valence-corrected chi connectivity index (χ3v) is 4.30. The van der Waals surface area contributed by atoms with Crippen molar-refractivity contribution >= 4 is 5.97 Å². The van der Waals surface area contributed by atoms with E-state index in [9.17, 15) is 9.90 Å². The molecule has 1 aromatic rings. The van der Waals surface area contributed by atoms with Crippen molar-refractivity contribution in [1.82, 2.24) is 0 Å². The molecule has 0 heterocycles. The van der Waals surface area contributed by atoms with Gasteiger partial charge >= 0.3 is 5.97 Å². The van der Waals surface area contributed by atoms with Crippen LogP contribution in [0.15, 0.2) is 24.3 Å². The van der Waals surface area contributed by atoms with E-state index in [1.54, 1.807) is 0 Å². The Kier molecular flexibility index (Phi) is 5.01. The quantitative estimate of drug-likeness (QED) is 0.669. The lowest BCUT2D eigenvalue weighted by molar-refractivity contribution is -0.234. The zero-order chi connectivity index (χ0) is 15.5. The molecule has 2 unspecified atom stereocenters. The maximum atomic E-state index is 12.1. The predicted octanol–water partition coefficient (Wildman–Crippen LogP) is 2.92. The second kappa shape index (κ2) is 6.58. The first-order valence-corrected chi connectivity index (χ1v) is 7.50. The third kappa shape index (κ3) is 3.63. The molecule has 1 fully saturated rings. The van der Waals surface area contributed by atoms with Crippen LogP contribution < -0.4 is 0 Å². The van der Waals surface area contributed by atoms with Crippen LogP contribution in [0.25, 0.3) is 0 Å². The van der Waals surface area contributed by atoms with E-state index in [1.165, 1.54) is 7.11 Å². The van der Waals surface area contributed by atoms with Crippen molar-refractivity contribution in [1.29, 1.82) is 0 Å². The number of carbonyl (C=O) groups is 1. The lowest BCUT2D eigenvalue weighted by Crippen LogP contribution is -2.41. The number of hydrogen-bond donors (Lipinski definition) is 1. The normalized spacial score (nSPS) is 20.0. The van der Waals surface area contributed by atoms with Gasteiger partial charge < -0.3 is 14.6 Å². The standard InChI is InChI=1S/C17H24O4/c1-12-8-4-5-9-14(12)13(2)15(16(18)20-3)21-17(19)10-6-7-11-17/h4-5,8-9,13,15,19H,6-7,10-11H2,1-3H3. The van der Waals surface area contributed by atoms with Gasteiger partial charge in [0.1, 0.15) is 0 Å². The fourth-order valence-corrected chi connectivity index (χ4v) is 3.01. The lowest BCUT2D eigenvalue weighted by atomic mass is 9.91. The Morgan fingerprint density at radius 1 is 1.29 bits per heavy atom. The van der Waals surface area contributed by atoms with Crippen LogP contribution in [0.2, 0.25) is 0 Å². The topological polar surface area (TPSA) is 55.8 Å². The van der Waals surface area contributed by atoms with E-state index < -0.39 is 17.9 Å². The molecule has 116 valence electrons.